The number of aromatic nitrogens is 1. The lowest BCUT2D eigenvalue weighted by molar-refractivity contribution is 0.625. The summed E-state index contributed by atoms with van der Waals surface area (Å²) in [6.45, 7) is 0. The second-order valence-electron chi connectivity index (χ2n) is 3.10. The standard InChI is InChI=1S/C11H10FN3/c12-10-7-14-6-5-11(10)15-9-3-1-8(13)2-4-9/h1-7H,13H2,(H,14,15). The molecule has 3 N–H and O–H groups in total. The van der Waals surface area contributed by atoms with Gasteiger partial charge in [-0.15, -0.1) is 0 Å². The van der Waals surface area contributed by atoms with E-state index in [4.69, 9.17) is 5.73 Å². The molecule has 0 saturated heterocycles. The molecule has 0 radical (unpaired) electrons. The third-order valence-corrected chi connectivity index (χ3v) is 1.96. The maximum atomic E-state index is 13.2. The number of pyridine rings is 1. The molecule has 0 aliphatic rings. The zero-order valence-electron chi connectivity index (χ0n) is 7.94. The Morgan fingerprint density at radius 1 is 1.13 bits per heavy atom. The van der Waals surface area contributed by atoms with Gasteiger partial charge in [-0.05, 0) is 30.3 Å². The minimum Gasteiger partial charge on any atom is -0.399 e. The number of nitrogens with two attached hydrogens (primary N) is 1. The van der Waals surface area contributed by atoms with Crippen LogP contribution in [0.1, 0.15) is 0 Å². The van der Waals surface area contributed by atoms with E-state index in [-0.39, 0.29) is 5.82 Å². The number of nitrogens with one attached hydrogen (secondary N) is 1. The first-order valence-electron chi connectivity index (χ1n) is 4.48. The van der Waals surface area contributed by atoms with Crippen molar-refractivity contribution in [1.82, 2.24) is 4.98 Å². The number of benzene rings is 1. The van der Waals surface area contributed by atoms with Crippen molar-refractivity contribution in [3.05, 3.63) is 48.5 Å². The van der Waals surface area contributed by atoms with Gasteiger partial charge in [0.25, 0.3) is 0 Å². The van der Waals surface area contributed by atoms with Gasteiger partial charge in [0, 0.05) is 17.6 Å². The first kappa shape index (κ1) is 9.45. The molecule has 76 valence electrons. The zero-order valence-corrected chi connectivity index (χ0v) is 7.94. The molecule has 0 amide bonds. The largest absolute Gasteiger partial charge is 0.399 e. The molecule has 0 bridgehead atoms. The van der Waals surface area contributed by atoms with Crippen LogP contribution in [0.5, 0.6) is 0 Å². The van der Waals surface area contributed by atoms with Crippen LogP contribution >= 0.6 is 0 Å². The van der Waals surface area contributed by atoms with Gasteiger partial charge in [-0.2, -0.15) is 0 Å². The molecule has 2 rings (SSSR count). The van der Waals surface area contributed by atoms with Gasteiger partial charge in [0.1, 0.15) is 0 Å². The average molecular weight is 203 g/mol. The van der Waals surface area contributed by atoms with Crippen molar-refractivity contribution in [2.24, 2.45) is 0 Å². The van der Waals surface area contributed by atoms with Gasteiger partial charge < -0.3 is 11.1 Å². The molecule has 0 fully saturated rings. The topological polar surface area (TPSA) is 50.9 Å². The summed E-state index contributed by atoms with van der Waals surface area (Å²) in [5.41, 5.74) is 7.40. The van der Waals surface area contributed by atoms with E-state index in [1.807, 2.05) is 0 Å². The predicted molar refractivity (Wildman–Crippen MR) is 58.3 cm³/mol. The Kier molecular flexibility index (Phi) is 2.49. The van der Waals surface area contributed by atoms with Crippen molar-refractivity contribution < 1.29 is 4.39 Å². The maximum absolute atomic E-state index is 13.2. The summed E-state index contributed by atoms with van der Waals surface area (Å²) < 4.78 is 13.2. The van der Waals surface area contributed by atoms with Crippen LogP contribution in [0.3, 0.4) is 0 Å². The van der Waals surface area contributed by atoms with Crippen molar-refractivity contribution in [3.8, 4) is 0 Å². The van der Waals surface area contributed by atoms with E-state index in [9.17, 15) is 4.39 Å². The number of rotatable bonds is 2. The number of nitrogen functional groups attached to an aromatic ring is 1. The lowest BCUT2D eigenvalue weighted by Gasteiger charge is -2.06. The van der Waals surface area contributed by atoms with Crippen molar-refractivity contribution in [1.29, 1.82) is 0 Å². The molecular weight excluding hydrogens is 193 g/mol. The summed E-state index contributed by atoms with van der Waals surface area (Å²) in [6.07, 6.45) is 2.70. The average Bonchev–Trinajstić information content (AvgIpc) is 2.25. The third-order valence-electron chi connectivity index (χ3n) is 1.96. The minimum absolute atomic E-state index is 0.380. The minimum atomic E-state index is -0.380. The van der Waals surface area contributed by atoms with Gasteiger partial charge >= 0.3 is 0 Å². The fourth-order valence-corrected chi connectivity index (χ4v) is 1.20. The zero-order chi connectivity index (χ0) is 10.7. The van der Waals surface area contributed by atoms with Crippen LogP contribution in [-0.2, 0) is 0 Å². The highest BCUT2D eigenvalue weighted by Crippen LogP contribution is 2.19. The number of hydrogen-bond acceptors (Lipinski definition) is 3. The van der Waals surface area contributed by atoms with E-state index in [0.717, 1.165) is 5.69 Å². The molecule has 0 spiro atoms. The van der Waals surface area contributed by atoms with E-state index in [2.05, 4.69) is 10.3 Å². The summed E-state index contributed by atoms with van der Waals surface area (Å²) in [5.74, 6) is -0.380. The Morgan fingerprint density at radius 3 is 2.53 bits per heavy atom. The van der Waals surface area contributed by atoms with Crippen LogP contribution in [-0.4, -0.2) is 4.98 Å². The van der Waals surface area contributed by atoms with E-state index in [1.54, 1.807) is 30.3 Å². The van der Waals surface area contributed by atoms with Crippen molar-refractivity contribution in [2.75, 3.05) is 11.1 Å². The summed E-state index contributed by atoms with van der Waals surface area (Å²) >= 11 is 0. The van der Waals surface area contributed by atoms with Crippen LogP contribution in [0.4, 0.5) is 21.5 Å². The number of hydrogen-bond donors (Lipinski definition) is 2. The Labute approximate surface area is 86.8 Å². The molecule has 0 aliphatic carbocycles. The van der Waals surface area contributed by atoms with Gasteiger partial charge in [0.2, 0.25) is 0 Å². The van der Waals surface area contributed by atoms with Crippen LogP contribution in [0.25, 0.3) is 0 Å². The number of nitrogens with zero attached hydrogens (tertiary/aromatic N) is 1. The van der Waals surface area contributed by atoms with Gasteiger partial charge in [0.05, 0.1) is 11.9 Å². The highest BCUT2D eigenvalue weighted by atomic mass is 19.1. The highest BCUT2D eigenvalue weighted by Gasteiger charge is 2.00. The fourth-order valence-electron chi connectivity index (χ4n) is 1.20. The first-order chi connectivity index (χ1) is 7.25. The normalized spacial score (nSPS) is 9.93. The Morgan fingerprint density at radius 2 is 1.87 bits per heavy atom. The van der Waals surface area contributed by atoms with Gasteiger partial charge in [-0.3, -0.25) is 4.98 Å². The lowest BCUT2D eigenvalue weighted by atomic mass is 10.2. The van der Waals surface area contributed by atoms with E-state index >= 15 is 0 Å². The van der Waals surface area contributed by atoms with E-state index < -0.39 is 0 Å². The van der Waals surface area contributed by atoms with Crippen LogP contribution in [0.2, 0.25) is 0 Å². The number of anilines is 3. The number of halogens is 1. The lowest BCUT2D eigenvalue weighted by Crippen LogP contribution is -1.94. The van der Waals surface area contributed by atoms with Gasteiger partial charge in [-0.1, -0.05) is 0 Å². The van der Waals surface area contributed by atoms with Crippen LogP contribution in [0.15, 0.2) is 42.7 Å². The highest BCUT2D eigenvalue weighted by molar-refractivity contribution is 5.61. The van der Waals surface area contributed by atoms with Gasteiger partial charge in [-0.25, -0.2) is 4.39 Å². The fraction of sp³-hybridized carbons (Fsp3) is 0. The summed E-state index contributed by atoms with van der Waals surface area (Å²) in [7, 11) is 0. The van der Waals surface area contributed by atoms with Crippen LogP contribution < -0.4 is 11.1 Å². The Balaban J connectivity index is 2.22. The van der Waals surface area contributed by atoms with Crippen molar-refractivity contribution in [3.63, 3.8) is 0 Å². The van der Waals surface area contributed by atoms with Crippen molar-refractivity contribution in [2.45, 2.75) is 0 Å². The van der Waals surface area contributed by atoms with Crippen molar-refractivity contribution >= 4 is 17.1 Å². The maximum Gasteiger partial charge on any atom is 0.164 e. The molecule has 1 heterocycles. The summed E-state index contributed by atoms with van der Waals surface area (Å²) in [6, 6.07) is 8.65. The quantitative estimate of drug-likeness (QED) is 0.737. The third kappa shape index (κ3) is 2.22. The SMILES string of the molecule is Nc1ccc(Nc2ccncc2F)cc1. The molecule has 0 saturated carbocycles. The molecule has 0 unspecified atom stereocenters. The van der Waals surface area contributed by atoms with E-state index in [0.29, 0.717) is 11.4 Å². The molecule has 2 aromatic rings. The Bertz CT molecular complexity index is 454. The molecule has 1 aromatic heterocycles. The Hall–Kier alpha value is -2.10. The molecule has 0 aliphatic heterocycles. The molecule has 1 aromatic carbocycles. The molecular formula is C11H10FN3. The summed E-state index contributed by atoms with van der Waals surface area (Å²) in [4.78, 5) is 3.67. The smallest absolute Gasteiger partial charge is 0.164 e. The second kappa shape index (κ2) is 3.96. The molecule has 4 heteroatoms. The molecule has 15 heavy (non-hydrogen) atoms. The second-order valence-corrected chi connectivity index (χ2v) is 3.10. The first-order valence-corrected chi connectivity index (χ1v) is 4.48. The predicted octanol–water partition coefficient (Wildman–Crippen LogP) is 2.55. The van der Waals surface area contributed by atoms with Crippen LogP contribution in [0, 0.1) is 5.82 Å². The van der Waals surface area contributed by atoms with E-state index in [1.165, 1.54) is 12.4 Å². The monoisotopic (exact) mass is 203 g/mol. The van der Waals surface area contributed by atoms with Gasteiger partial charge in [0.15, 0.2) is 5.82 Å². The molecule has 3 nitrogen and oxygen atoms in total. The summed E-state index contributed by atoms with van der Waals surface area (Å²) in [5, 5.41) is 2.93. The molecule has 0 atom stereocenters.